The van der Waals surface area contributed by atoms with E-state index in [4.69, 9.17) is 14.1 Å². The summed E-state index contributed by atoms with van der Waals surface area (Å²) < 4.78 is 12.3. The summed E-state index contributed by atoms with van der Waals surface area (Å²) in [6.07, 6.45) is 5.25. The van der Waals surface area contributed by atoms with Crippen LogP contribution in [0.2, 0.25) is 0 Å². The maximum absolute atomic E-state index is 13.1. The molecule has 34 heavy (non-hydrogen) atoms. The number of rotatable bonds is 5. The minimum Gasteiger partial charge on any atom is -0.449 e. The van der Waals surface area contributed by atoms with Gasteiger partial charge in [0.15, 0.2) is 16.7 Å². The molecule has 0 atom stereocenters. The minimum atomic E-state index is -0.280. The van der Waals surface area contributed by atoms with Crippen molar-refractivity contribution in [2.75, 3.05) is 54.5 Å². The lowest BCUT2D eigenvalue weighted by Crippen LogP contribution is -2.36. The van der Waals surface area contributed by atoms with Crippen LogP contribution in [0.1, 0.15) is 29.8 Å². The zero-order valence-corrected chi connectivity index (χ0v) is 19.6. The van der Waals surface area contributed by atoms with Crippen molar-refractivity contribution >= 4 is 44.0 Å². The number of anilines is 3. The van der Waals surface area contributed by atoms with Gasteiger partial charge in [0, 0.05) is 32.4 Å². The van der Waals surface area contributed by atoms with Crippen LogP contribution in [-0.2, 0) is 4.74 Å². The number of nitrogens with zero attached hydrogens (tertiary/aromatic N) is 4. The van der Waals surface area contributed by atoms with Gasteiger partial charge in [-0.25, -0.2) is 4.98 Å². The Morgan fingerprint density at radius 3 is 2.68 bits per heavy atom. The summed E-state index contributed by atoms with van der Waals surface area (Å²) in [5.74, 6) is 0.522. The molecule has 0 saturated carbocycles. The van der Waals surface area contributed by atoms with Gasteiger partial charge in [0.2, 0.25) is 0 Å². The predicted molar refractivity (Wildman–Crippen MR) is 133 cm³/mol. The van der Waals surface area contributed by atoms with Crippen molar-refractivity contribution < 1.29 is 13.9 Å². The SMILES string of the molecule is O=C(Nc1cc2sc(N3CCOCC3)nc2cc1N1CCCCC1)c1ccc(-c2cc[nH]n2)o1. The molecule has 9 nitrogen and oxygen atoms in total. The van der Waals surface area contributed by atoms with Crippen molar-refractivity contribution in [1.29, 1.82) is 0 Å². The molecule has 2 fully saturated rings. The van der Waals surface area contributed by atoms with Crippen LogP contribution in [-0.4, -0.2) is 60.5 Å². The molecule has 2 aliphatic rings. The third-order valence-electron chi connectivity index (χ3n) is 6.30. The molecule has 0 bridgehead atoms. The molecular weight excluding hydrogens is 452 g/mol. The number of aromatic amines is 1. The number of H-pyrrole nitrogens is 1. The molecule has 0 unspecified atom stereocenters. The number of carbonyl (C=O) groups excluding carboxylic acids is 1. The predicted octanol–water partition coefficient (Wildman–Crippen LogP) is 4.36. The quantitative estimate of drug-likeness (QED) is 0.440. The number of morpholine rings is 1. The summed E-state index contributed by atoms with van der Waals surface area (Å²) in [6.45, 7) is 5.08. The Bertz CT molecular complexity index is 1290. The van der Waals surface area contributed by atoms with Crippen molar-refractivity contribution in [1.82, 2.24) is 15.2 Å². The summed E-state index contributed by atoms with van der Waals surface area (Å²) >= 11 is 1.65. The molecule has 0 spiro atoms. The molecule has 176 valence electrons. The average Bonchev–Trinajstić information content (AvgIpc) is 3.65. The molecule has 2 saturated heterocycles. The number of hydrogen-bond acceptors (Lipinski definition) is 8. The number of thiazole rings is 1. The minimum absolute atomic E-state index is 0.251. The van der Waals surface area contributed by atoms with Gasteiger partial charge in [0.25, 0.3) is 5.91 Å². The van der Waals surface area contributed by atoms with E-state index in [0.717, 1.165) is 79.0 Å². The van der Waals surface area contributed by atoms with Crippen LogP contribution in [0.3, 0.4) is 0 Å². The van der Waals surface area contributed by atoms with Gasteiger partial charge in [-0.1, -0.05) is 11.3 Å². The molecule has 5 heterocycles. The first kappa shape index (κ1) is 21.2. The van der Waals surface area contributed by atoms with E-state index in [1.54, 1.807) is 35.7 Å². The summed E-state index contributed by atoms with van der Waals surface area (Å²) in [6, 6.07) is 9.42. The molecule has 2 N–H and O–H groups in total. The van der Waals surface area contributed by atoms with Gasteiger partial charge in [-0.2, -0.15) is 5.10 Å². The summed E-state index contributed by atoms with van der Waals surface area (Å²) in [7, 11) is 0. The number of carbonyl (C=O) groups is 1. The molecule has 6 rings (SSSR count). The van der Waals surface area contributed by atoms with E-state index in [9.17, 15) is 4.79 Å². The van der Waals surface area contributed by atoms with E-state index >= 15 is 0 Å². The van der Waals surface area contributed by atoms with E-state index < -0.39 is 0 Å². The molecular formula is C24H26N6O3S. The van der Waals surface area contributed by atoms with Gasteiger partial charge in [0.1, 0.15) is 5.69 Å². The monoisotopic (exact) mass is 478 g/mol. The number of amides is 1. The number of furan rings is 1. The molecule has 0 radical (unpaired) electrons. The Hall–Kier alpha value is -3.37. The fraction of sp³-hybridized carbons (Fsp3) is 0.375. The van der Waals surface area contributed by atoms with Crippen LogP contribution in [0.25, 0.3) is 21.7 Å². The smallest absolute Gasteiger partial charge is 0.291 e. The second kappa shape index (κ2) is 9.11. The largest absolute Gasteiger partial charge is 0.449 e. The fourth-order valence-corrected chi connectivity index (χ4v) is 5.55. The normalized spacial score (nSPS) is 16.8. The van der Waals surface area contributed by atoms with E-state index in [0.29, 0.717) is 11.5 Å². The first-order valence-electron chi connectivity index (χ1n) is 11.7. The number of hydrogen-bond donors (Lipinski definition) is 2. The van der Waals surface area contributed by atoms with Gasteiger partial charge in [-0.3, -0.25) is 9.89 Å². The topological polar surface area (TPSA) is 99.5 Å². The Morgan fingerprint density at radius 1 is 1.03 bits per heavy atom. The number of piperidine rings is 1. The molecule has 0 aliphatic carbocycles. The number of ether oxygens (including phenoxy) is 1. The van der Waals surface area contributed by atoms with E-state index in [-0.39, 0.29) is 11.7 Å². The van der Waals surface area contributed by atoms with E-state index in [2.05, 4.69) is 37.4 Å². The zero-order valence-electron chi connectivity index (χ0n) is 18.7. The number of aromatic nitrogens is 3. The van der Waals surface area contributed by atoms with Crippen molar-refractivity contribution in [2.45, 2.75) is 19.3 Å². The Labute approximate surface area is 200 Å². The zero-order chi connectivity index (χ0) is 22.9. The van der Waals surface area contributed by atoms with Crippen molar-refractivity contribution in [3.05, 3.63) is 42.3 Å². The third kappa shape index (κ3) is 4.14. The Balaban J connectivity index is 1.32. The average molecular weight is 479 g/mol. The second-order valence-electron chi connectivity index (χ2n) is 8.56. The summed E-state index contributed by atoms with van der Waals surface area (Å²) in [5.41, 5.74) is 3.42. The molecule has 3 aromatic heterocycles. The first-order chi connectivity index (χ1) is 16.7. The maximum Gasteiger partial charge on any atom is 0.291 e. The van der Waals surface area contributed by atoms with Gasteiger partial charge in [-0.15, -0.1) is 0 Å². The van der Waals surface area contributed by atoms with Crippen LogP contribution in [0, 0.1) is 0 Å². The van der Waals surface area contributed by atoms with Crippen molar-refractivity contribution in [3.8, 4) is 11.5 Å². The lowest BCUT2D eigenvalue weighted by atomic mass is 10.1. The molecule has 10 heteroatoms. The Kier molecular flexibility index (Phi) is 5.68. The second-order valence-corrected chi connectivity index (χ2v) is 9.57. The highest BCUT2D eigenvalue weighted by molar-refractivity contribution is 7.22. The van der Waals surface area contributed by atoms with Crippen LogP contribution < -0.4 is 15.1 Å². The lowest BCUT2D eigenvalue weighted by Gasteiger charge is -2.30. The van der Waals surface area contributed by atoms with Crippen LogP contribution in [0.15, 0.2) is 40.9 Å². The first-order valence-corrected chi connectivity index (χ1v) is 12.5. The highest BCUT2D eigenvalue weighted by Crippen LogP contribution is 2.38. The number of fused-ring (bicyclic) bond motifs is 1. The molecule has 1 aromatic carbocycles. The van der Waals surface area contributed by atoms with Crippen LogP contribution in [0.5, 0.6) is 0 Å². The van der Waals surface area contributed by atoms with E-state index in [1.165, 1.54) is 6.42 Å². The van der Waals surface area contributed by atoms with Gasteiger partial charge >= 0.3 is 0 Å². The summed E-state index contributed by atoms with van der Waals surface area (Å²) in [5, 5.41) is 11.0. The molecule has 2 aliphatic heterocycles. The van der Waals surface area contributed by atoms with E-state index in [1.807, 2.05) is 0 Å². The van der Waals surface area contributed by atoms with Crippen LogP contribution in [0.4, 0.5) is 16.5 Å². The van der Waals surface area contributed by atoms with Crippen LogP contribution >= 0.6 is 11.3 Å². The lowest BCUT2D eigenvalue weighted by molar-refractivity contribution is 0.0997. The van der Waals surface area contributed by atoms with Crippen molar-refractivity contribution in [2.24, 2.45) is 0 Å². The highest BCUT2D eigenvalue weighted by Gasteiger charge is 2.22. The van der Waals surface area contributed by atoms with Gasteiger partial charge in [0.05, 0.1) is 34.8 Å². The Morgan fingerprint density at radius 2 is 1.88 bits per heavy atom. The summed E-state index contributed by atoms with van der Waals surface area (Å²) in [4.78, 5) is 22.7. The van der Waals surface area contributed by atoms with Gasteiger partial charge < -0.3 is 24.3 Å². The molecule has 1 amide bonds. The highest BCUT2D eigenvalue weighted by atomic mass is 32.1. The standard InChI is InChI=1S/C24H26N6O3S/c31-23(21-5-4-20(33-21)16-6-7-25-28-16)26-17-15-22-18(14-19(17)29-8-2-1-3-9-29)27-24(34-22)30-10-12-32-13-11-30/h4-7,14-15H,1-3,8-13H2,(H,25,28)(H,26,31). The number of benzene rings is 1. The number of nitrogens with one attached hydrogen (secondary N) is 2. The third-order valence-corrected chi connectivity index (χ3v) is 7.38. The molecule has 4 aromatic rings. The fourth-order valence-electron chi connectivity index (χ4n) is 4.52. The van der Waals surface area contributed by atoms with Crippen molar-refractivity contribution in [3.63, 3.8) is 0 Å². The maximum atomic E-state index is 13.1. The van der Waals surface area contributed by atoms with Gasteiger partial charge in [-0.05, 0) is 49.6 Å².